The Morgan fingerprint density at radius 3 is 0.667 bits per heavy atom. The summed E-state index contributed by atoms with van der Waals surface area (Å²) in [5.41, 5.74) is 1.85. The highest BCUT2D eigenvalue weighted by Crippen LogP contribution is 2.88. The first-order valence-corrected chi connectivity index (χ1v) is 8.84. The molecule has 28 aliphatic rings. The van der Waals surface area contributed by atoms with Gasteiger partial charge in [0.2, 0.25) is 0 Å². The largest absolute Gasteiger partial charge is 0.0464 e. The zero-order valence-electron chi connectivity index (χ0n) is 11.3. The Bertz CT molecular complexity index is 325. The van der Waals surface area contributed by atoms with E-state index in [9.17, 15) is 0 Å². The maximum absolute atomic E-state index is 1.70. The lowest BCUT2D eigenvalue weighted by molar-refractivity contribution is -0.376. The van der Waals surface area contributed by atoms with E-state index in [4.69, 9.17) is 0 Å². The maximum atomic E-state index is 1.70. The normalized spacial score (nSPS) is 80.0. The van der Waals surface area contributed by atoms with Gasteiger partial charge < -0.3 is 0 Å². The van der Waals surface area contributed by atoms with Crippen molar-refractivity contribution in [3.8, 4) is 0 Å². The summed E-state index contributed by atoms with van der Waals surface area (Å²) in [5, 5.41) is 0. The molecule has 0 aromatic heterocycles. The molecule has 0 saturated heterocycles. The molecule has 28 aliphatic carbocycles. The van der Waals surface area contributed by atoms with E-state index in [1.165, 1.54) is 47.3 Å². The van der Waals surface area contributed by atoms with Crippen LogP contribution >= 0.6 is 0 Å². The standard InChI is InChI=1S/C18H24/c1-9-2-10(1)18-12-3-11(4-12)17(9,13-5-14(18)6-13)15-7-16(18)8-15/h9-16H,1-8H2. The third kappa shape index (κ3) is 0.562. The smallest absolute Gasteiger partial charge is 0.0183 e. The van der Waals surface area contributed by atoms with Crippen molar-refractivity contribution in [2.75, 3.05) is 0 Å². The minimum Gasteiger partial charge on any atom is -0.0464 e. The van der Waals surface area contributed by atoms with E-state index in [0.717, 1.165) is 10.8 Å². The summed E-state index contributed by atoms with van der Waals surface area (Å²) in [4.78, 5) is 0. The molecule has 0 aromatic rings. The van der Waals surface area contributed by atoms with Crippen LogP contribution in [0.25, 0.3) is 0 Å². The third-order valence-electron chi connectivity index (χ3n) is 10.2. The molecule has 28 fully saturated rings. The summed E-state index contributed by atoms with van der Waals surface area (Å²) in [6.07, 6.45) is 13.6. The second-order valence-electron chi connectivity index (χ2n) is 9.46. The average Bonchev–Trinajstić information content (AvgIpc) is 1.73. The van der Waals surface area contributed by atoms with Crippen LogP contribution in [0.4, 0.5) is 0 Å². The van der Waals surface area contributed by atoms with Gasteiger partial charge in [-0.1, -0.05) is 0 Å². The van der Waals surface area contributed by atoms with E-state index in [-0.39, 0.29) is 0 Å². The lowest BCUT2D eigenvalue weighted by Gasteiger charge is -2.86. The molecular weight excluding hydrogens is 216 g/mol. The molecule has 0 unspecified atom stereocenters. The lowest BCUT2D eigenvalue weighted by atomic mass is 9.18. The zero-order valence-corrected chi connectivity index (χ0v) is 11.3. The molecule has 0 aliphatic heterocycles. The molecule has 0 nitrogen and oxygen atoms in total. The molecule has 0 radical (unpaired) electrons. The van der Waals surface area contributed by atoms with Gasteiger partial charge >= 0.3 is 0 Å². The van der Waals surface area contributed by atoms with Crippen LogP contribution in [-0.2, 0) is 0 Å². The Balaban J connectivity index is 1.63. The van der Waals surface area contributed by atoms with Gasteiger partial charge in [-0.2, -0.15) is 0 Å². The summed E-state index contributed by atoms with van der Waals surface area (Å²) in [6, 6.07) is 0. The van der Waals surface area contributed by atoms with Gasteiger partial charge in [-0.25, -0.2) is 0 Å². The summed E-state index contributed by atoms with van der Waals surface area (Å²) in [7, 11) is 0. The van der Waals surface area contributed by atoms with Crippen LogP contribution in [0.15, 0.2) is 0 Å². The zero-order chi connectivity index (χ0) is 11.3. The average molecular weight is 240 g/mol. The monoisotopic (exact) mass is 240 g/mol. The van der Waals surface area contributed by atoms with Crippen LogP contribution in [0, 0.1) is 58.2 Å². The molecule has 0 atom stereocenters. The highest BCUT2D eigenvalue weighted by Gasteiger charge is 2.81. The number of hydrogen-bond acceptors (Lipinski definition) is 0. The van der Waals surface area contributed by atoms with E-state index in [1.54, 1.807) is 51.4 Å². The van der Waals surface area contributed by atoms with Gasteiger partial charge in [-0.15, -0.1) is 0 Å². The van der Waals surface area contributed by atoms with Gasteiger partial charge in [-0.05, 0) is 110 Å². The van der Waals surface area contributed by atoms with Crippen LogP contribution in [0.2, 0.25) is 0 Å². The third-order valence-corrected chi connectivity index (χ3v) is 10.2. The fourth-order valence-corrected chi connectivity index (χ4v) is 9.74. The van der Waals surface area contributed by atoms with Crippen molar-refractivity contribution in [3.63, 3.8) is 0 Å². The van der Waals surface area contributed by atoms with Crippen molar-refractivity contribution in [1.29, 1.82) is 0 Å². The van der Waals surface area contributed by atoms with Crippen molar-refractivity contribution >= 4 is 0 Å². The molecule has 28 saturated carbocycles. The number of rotatable bonds is 0. The van der Waals surface area contributed by atoms with E-state index in [0.29, 0.717) is 0 Å². The van der Waals surface area contributed by atoms with Crippen LogP contribution in [-0.4, -0.2) is 0 Å². The van der Waals surface area contributed by atoms with E-state index in [1.807, 2.05) is 0 Å². The first kappa shape index (κ1) is 9.03. The Labute approximate surface area is 110 Å². The highest BCUT2D eigenvalue weighted by molar-refractivity contribution is 5.29. The van der Waals surface area contributed by atoms with Gasteiger partial charge in [0, 0.05) is 0 Å². The van der Waals surface area contributed by atoms with Gasteiger partial charge in [0.05, 0.1) is 0 Å². The number of hydrogen-bond donors (Lipinski definition) is 0. The summed E-state index contributed by atoms with van der Waals surface area (Å²) < 4.78 is 0. The van der Waals surface area contributed by atoms with Crippen molar-refractivity contribution in [1.82, 2.24) is 0 Å². The summed E-state index contributed by atoms with van der Waals surface area (Å²) >= 11 is 0. The molecule has 0 spiro atoms. The molecule has 0 amide bonds. The predicted octanol–water partition coefficient (Wildman–Crippen LogP) is 4.10. The molecule has 0 N–H and O–H groups in total. The SMILES string of the molecule is C1C2CC1C13C4CC(C4)C2(C2CC1C2)C1CC3C1. The fraction of sp³-hybridized carbons (Fsp3) is 1.00. The minimum absolute atomic E-state index is 0.924. The quantitative estimate of drug-likeness (QED) is 0.598. The van der Waals surface area contributed by atoms with Crippen molar-refractivity contribution < 1.29 is 0 Å². The Hall–Kier alpha value is 0. The van der Waals surface area contributed by atoms with E-state index in [2.05, 4.69) is 0 Å². The van der Waals surface area contributed by atoms with Gasteiger partial charge in [-0.3, -0.25) is 0 Å². The van der Waals surface area contributed by atoms with E-state index < -0.39 is 0 Å². The Morgan fingerprint density at radius 1 is 0.333 bits per heavy atom. The van der Waals surface area contributed by atoms with Gasteiger partial charge in [0.25, 0.3) is 0 Å². The second kappa shape index (κ2) is 2.25. The lowest BCUT2D eigenvalue weighted by Crippen LogP contribution is -2.79. The van der Waals surface area contributed by atoms with Crippen LogP contribution < -0.4 is 0 Å². The first-order chi connectivity index (χ1) is 8.84. The molecule has 18 heavy (non-hydrogen) atoms. The molecule has 10 bridgehead atoms. The van der Waals surface area contributed by atoms with Crippen molar-refractivity contribution in [3.05, 3.63) is 0 Å². The van der Waals surface area contributed by atoms with Crippen LogP contribution in [0.3, 0.4) is 0 Å². The Kier molecular flexibility index (Phi) is 1.13. The topological polar surface area (TPSA) is 0 Å². The maximum Gasteiger partial charge on any atom is -0.0183 e. The van der Waals surface area contributed by atoms with Crippen molar-refractivity contribution in [2.24, 2.45) is 58.2 Å². The van der Waals surface area contributed by atoms with Crippen molar-refractivity contribution in [2.45, 2.75) is 51.4 Å². The van der Waals surface area contributed by atoms with Gasteiger partial charge in [0.1, 0.15) is 0 Å². The first-order valence-electron chi connectivity index (χ1n) is 8.84. The molecule has 0 heteroatoms. The minimum atomic E-state index is 0.924. The second-order valence-corrected chi connectivity index (χ2v) is 9.46. The fourth-order valence-electron chi connectivity index (χ4n) is 9.74. The van der Waals surface area contributed by atoms with E-state index >= 15 is 0 Å². The molecule has 28 rings (SSSR count). The molecular formula is C18H24. The summed E-state index contributed by atoms with van der Waals surface area (Å²) in [5.74, 6) is 9.71. The van der Waals surface area contributed by atoms with Gasteiger partial charge in [0.15, 0.2) is 0 Å². The Morgan fingerprint density at radius 2 is 0.500 bits per heavy atom. The van der Waals surface area contributed by atoms with Crippen LogP contribution in [0.1, 0.15) is 51.4 Å². The molecule has 96 valence electrons. The highest BCUT2D eigenvalue weighted by atomic mass is 14.9. The van der Waals surface area contributed by atoms with Crippen LogP contribution in [0.5, 0.6) is 0 Å². The predicted molar refractivity (Wildman–Crippen MR) is 69.7 cm³/mol. The molecule has 0 aromatic carbocycles. The summed E-state index contributed by atoms with van der Waals surface area (Å²) in [6.45, 7) is 0. The molecule has 0 heterocycles.